The van der Waals surface area contributed by atoms with Crippen molar-refractivity contribution in [1.82, 2.24) is 0 Å². The summed E-state index contributed by atoms with van der Waals surface area (Å²) in [5, 5.41) is 9.73. The molecular weight excluding hydrogens is 278 g/mol. The van der Waals surface area contributed by atoms with Gasteiger partial charge in [0.15, 0.2) is 0 Å². The fraction of sp³-hybridized carbons (Fsp3) is 0.900. The average Bonchev–Trinajstić information content (AvgIpc) is 2.75. The van der Waals surface area contributed by atoms with Gasteiger partial charge in [-0.3, -0.25) is 9.63 Å². The van der Waals surface area contributed by atoms with E-state index in [4.69, 9.17) is 4.74 Å². The highest BCUT2D eigenvalue weighted by atomic mass is 33.1. The highest BCUT2D eigenvalue weighted by Crippen LogP contribution is 2.39. The molecular formula is C10H17NO5S2. The van der Waals surface area contributed by atoms with Crippen LogP contribution in [-0.2, 0) is 14.4 Å². The molecule has 0 aliphatic carbocycles. The van der Waals surface area contributed by atoms with Crippen molar-refractivity contribution in [3.63, 3.8) is 0 Å². The predicted octanol–water partition coefficient (Wildman–Crippen LogP) is 2.80. The SMILES string of the molecule is CC(OC(=O)CCCC[C@@H]1CCSS1)O[N+](=O)[O-]. The lowest BCUT2D eigenvalue weighted by Crippen LogP contribution is -2.20. The zero-order valence-corrected chi connectivity index (χ0v) is 11.8. The molecule has 18 heavy (non-hydrogen) atoms. The molecule has 1 fully saturated rings. The van der Waals surface area contributed by atoms with E-state index < -0.39 is 17.3 Å². The number of ether oxygens (including phenoxy) is 1. The van der Waals surface area contributed by atoms with Crippen molar-refractivity contribution in [3.8, 4) is 0 Å². The normalized spacial score (nSPS) is 20.4. The van der Waals surface area contributed by atoms with Gasteiger partial charge >= 0.3 is 5.97 Å². The summed E-state index contributed by atoms with van der Waals surface area (Å²) in [6.07, 6.45) is 3.26. The van der Waals surface area contributed by atoms with E-state index in [1.165, 1.54) is 19.1 Å². The molecule has 0 saturated carbocycles. The molecule has 0 spiro atoms. The summed E-state index contributed by atoms with van der Waals surface area (Å²) in [5.41, 5.74) is 0. The first kappa shape index (κ1) is 15.4. The molecule has 0 amide bonds. The lowest BCUT2D eigenvalue weighted by molar-refractivity contribution is -0.777. The molecule has 104 valence electrons. The van der Waals surface area contributed by atoms with Crippen LogP contribution in [0.25, 0.3) is 0 Å². The van der Waals surface area contributed by atoms with Gasteiger partial charge in [-0.15, -0.1) is 10.1 Å². The molecule has 0 aromatic rings. The van der Waals surface area contributed by atoms with Crippen LogP contribution in [0.5, 0.6) is 0 Å². The van der Waals surface area contributed by atoms with E-state index in [2.05, 4.69) is 4.84 Å². The Bertz CT molecular complexity index is 283. The Balaban J connectivity index is 2.00. The smallest absolute Gasteiger partial charge is 0.307 e. The van der Waals surface area contributed by atoms with Crippen molar-refractivity contribution in [1.29, 1.82) is 0 Å². The minimum absolute atomic E-state index is 0.288. The summed E-state index contributed by atoms with van der Waals surface area (Å²) < 4.78 is 4.72. The van der Waals surface area contributed by atoms with Crippen LogP contribution in [0.2, 0.25) is 0 Å². The zero-order valence-electron chi connectivity index (χ0n) is 10.2. The molecule has 6 nitrogen and oxygen atoms in total. The topological polar surface area (TPSA) is 78.7 Å². The number of hydrogen-bond donors (Lipinski definition) is 0. The lowest BCUT2D eigenvalue weighted by Gasteiger charge is -2.11. The van der Waals surface area contributed by atoms with Gasteiger partial charge in [0.05, 0.1) is 0 Å². The minimum Gasteiger partial charge on any atom is -0.435 e. The van der Waals surface area contributed by atoms with Gasteiger partial charge in [0.2, 0.25) is 6.29 Å². The van der Waals surface area contributed by atoms with Crippen molar-refractivity contribution in [2.24, 2.45) is 0 Å². The van der Waals surface area contributed by atoms with Gasteiger partial charge < -0.3 is 4.74 Å². The second-order valence-corrected chi connectivity index (χ2v) is 6.75. The first-order chi connectivity index (χ1) is 8.58. The van der Waals surface area contributed by atoms with Crippen LogP contribution in [0.3, 0.4) is 0 Å². The number of carbonyl (C=O) groups excluding carboxylic acids is 1. The highest BCUT2D eigenvalue weighted by molar-refractivity contribution is 8.77. The van der Waals surface area contributed by atoms with E-state index in [0.717, 1.165) is 19.3 Å². The fourth-order valence-electron chi connectivity index (χ4n) is 1.59. The lowest BCUT2D eigenvalue weighted by atomic mass is 10.1. The molecule has 0 N–H and O–H groups in total. The maximum Gasteiger partial charge on any atom is 0.307 e. The third-order valence-corrected chi connectivity index (χ3v) is 5.42. The van der Waals surface area contributed by atoms with Crippen LogP contribution in [0.1, 0.15) is 39.0 Å². The minimum atomic E-state index is -1.13. The number of nitrogens with zero attached hydrogens (tertiary/aromatic N) is 1. The van der Waals surface area contributed by atoms with E-state index >= 15 is 0 Å². The molecule has 1 aliphatic rings. The monoisotopic (exact) mass is 295 g/mol. The van der Waals surface area contributed by atoms with Crippen molar-refractivity contribution < 1.29 is 19.5 Å². The van der Waals surface area contributed by atoms with Gasteiger partial charge in [0.1, 0.15) is 0 Å². The Labute approximate surface area is 114 Å². The second kappa shape index (κ2) is 8.47. The van der Waals surface area contributed by atoms with Gasteiger partial charge in [-0.05, 0) is 26.2 Å². The predicted molar refractivity (Wildman–Crippen MR) is 70.6 cm³/mol. The van der Waals surface area contributed by atoms with E-state index in [1.54, 1.807) is 0 Å². The van der Waals surface area contributed by atoms with Gasteiger partial charge in [-0.1, -0.05) is 28.0 Å². The summed E-state index contributed by atoms with van der Waals surface area (Å²) in [7, 11) is 3.83. The van der Waals surface area contributed by atoms with Crippen LogP contribution in [0.15, 0.2) is 0 Å². The molecule has 2 atom stereocenters. The summed E-state index contributed by atoms with van der Waals surface area (Å²) in [6.45, 7) is 1.33. The Morgan fingerprint density at radius 3 is 2.94 bits per heavy atom. The maximum absolute atomic E-state index is 11.3. The van der Waals surface area contributed by atoms with E-state index in [9.17, 15) is 14.9 Å². The first-order valence-corrected chi connectivity index (χ1v) is 8.25. The van der Waals surface area contributed by atoms with Crippen molar-refractivity contribution in [3.05, 3.63) is 10.1 Å². The number of rotatable bonds is 8. The molecule has 1 unspecified atom stereocenters. The first-order valence-electron chi connectivity index (χ1n) is 5.87. The van der Waals surface area contributed by atoms with Crippen molar-refractivity contribution in [2.75, 3.05) is 5.75 Å². The van der Waals surface area contributed by atoms with E-state index in [-0.39, 0.29) is 6.42 Å². The molecule has 0 aromatic carbocycles. The summed E-state index contributed by atoms with van der Waals surface area (Å²) >= 11 is 0. The number of carbonyl (C=O) groups is 1. The van der Waals surface area contributed by atoms with Crippen LogP contribution < -0.4 is 0 Å². The van der Waals surface area contributed by atoms with Crippen LogP contribution in [0, 0.1) is 10.1 Å². The molecule has 1 rings (SSSR count). The standard InChI is InChI=1S/C10H17NO5S2/c1-8(16-11(13)14)15-10(12)5-3-2-4-9-6-7-17-18-9/h8-9H,2-7H2,1H3/t8?,9-/m1/s1. The Morgan fingerprint density at radius 1 is 1.56 bits per heavy atom. The number of hydrogen-bond acceptors (Lipinski definition) is 7. The van der Waals surface area contributed by atoms with Gasteiger partial charge in [-0.25, -0.2) is 0 Å². The molecule has 1 saturated heterocycles. The molecule has 8 heteroatoms. The maximum atomic E-state index is 11.3. The third kappa shape index (κ3) is 6.95. The van der Waals surface area contributed by atoms with E-state index in [0.29, 0.717) is 5.25 Å². The zero-order chi connectivity index (χ0) is 13.4. The summed E-state index contributed by atoms with van der Waals surface area (Å²) in [5.74, 6) is 0.769. The molecule has 1 aliphatic heterocycles. The highest BCUT2D eigenvalue weighted by Gasteiger charge is 2.16. The quantitative estimate of drug-likeness (QED) is 0.170. The van der Waals surface area contributed by atoms with Gasteiger partial charge in [0, 0.05) is 17.4 Å². The van der Waals surface area contributed by atoms with Gasteiger partial charge in [0.25, 0.3) is 5.09 Å². The molecule has 0 aromatic heterocycles. The molecule has 0 bridgehead atoms. The summed E-state index contributed by atoms with van der Waals surface area (Å²) in [4.78, 5) is 25.4. The van der Waals surface area contributed by atoms with Crippen LogP contribution in [0.4, 0.5) is 0 Å². The fourth-order valence-corrected chi connectivity index (χ4v) is 4.62. The van der Waals surface area contributed by atoms with Crippen LogP contribution in [-0.4, -0.2) is 28.3 Å². The Hall–Kier alpha value is -0.630. The van der Waals surface area contributed by atoms with Crippen molar-refractivity contribution >= 4 is 27.6 Å². The molecule has 1 heterocycles. The Morgan fingerprint density at radius 2 is 2.33 bits per heavy atom. The summed E-state index contributed by atoms with van der Waals surface area (Å²) in [6, 6.07) is 0. The van der Waals surface area contributed by atoms with Crippen molar-refractivity contribution in [2.45, 2.75) is 50.6 Å². The van der Waals surface area contributed by atoms with Crippen LogP contribution >= 0.6 is 21.6 Å². The number of esters is 1. The van der Waals surface area contributed by atoms with E-state index in [1.807, 2.05) is 21.6 Å². The number of unbranched alkanes of at least 4 members (excludes halogenated alkanes) is 1. The second-order valence-electron chi connectivity index (χ2n) is 3.96. The average molecular weight is 295 g/mol. The molecule has 0 radical (unpaired) electrons. The third-order valence-electron chi connectivity index (χ3n) is 2.42. The van der Waals surface area contributed by atoms with Gasteiger partial charge in [-0.2, -0.15) is 0 Å². The largest absolute Gasteiger partial charge is 0.435 e. The Kier molecular flexibility index (Phi) is 7.26.